The van der Waals surface area contributed by atoms with Crippen LogP contribution < -0.4 is 5.73 Å². The van der Waals surface area contributed by atoms with Crippen molar-refractivity contribution in [3.05, 3.63) is 51.2 Å². The first-order chi connectivity index (χ1) is 19.0. The van der Waals surface area contributed by atoms with Gasteiger partial charge in [0.25, 0.3) is 0 Å². The lowest BCUT2D eigenvalue weighted by atomic mass is 10.0. The Labute approximate surface area is 232 Å². The summed E-state index contributed by atoms with van der Waals surface area (Å²) in [6.07, 6.45) is -4.19. The number of aliphatic carboxylic acids is 1. The minimum atomic E-state index is -5.08. The molecule has 1 fully saturated rings. The van der Waals surface area contributed by atoms with Gasteiger partial charge in [-0.3, -0.25) is 14.8 Å². The van der Waals surface area contributed by atoms with E-state index in [4.69, 9.17) is 20.4 Å². The number of ether oxygens (including phenoxy) is 1. The highest BCUT2D eigenvalue weighted by molar-refractivity contribution is 7.11. The third-order valence-corrected chi connectivity index (χ3v) is 7.27. The van der Waals surface area contributed by atoms with E-state index < -0.39 is 18.1 Å². The fourth-order valence-electron chi connectivity index (χ4n) is 4.44. The second kappa shape index (κ2) is 12.6. The number of halogens is 3. The minimum Gasteiger partial charge on any atom is -0.475 e. The first-order valence-corrected chi connectivity index (χ1v) is 13.2. The monoisotopic (exact) mass is 575 g/mol. The summed E-state index contributed by atoms with van der Waals surface area (Å²) in [7, 11) is 2.19. The van der Waals surface area contributed by atoms with Crippen molar-refractivity contribution in [2.45, 2.75) is 19.1 Å². The lowest BCUT2D eigenvalue weighted by Crippen LogP contribution is -2.43. The lowest BCUT2D eigenvalue weighted by Gasteiger charge is -2.32. The Kier molecular flexibility index (Phi) is 9.26. The molecule has 0 atom stereocenters. The number of fused-ring (bicyclic) bond motifs is 3. The normalized spacial score (nSPS) is 14.9. The SMILES string of the molecule is CN1CCN(Cc2ccc3c(c2)Cc2c(-c4csc(C#CCOCC(N)=O)c4)n[nH]c2-3)CC1.O=C(O)C(F)(F)F. The van der Waals surface area contributed by atoms with Crippen molar-refractivity contribution < 1.29 is 32.6 Å². The van der Waals surface area contributed by atoms with Gasteiger partial charge < -0.3 is 20.5 Å². The van der Waals surface area contributed by atoms with E-state index in [9.17, 15) is 18.0 Å². The number of benzene rings is 1. The summed E-state index contributed by atoms with van der Waals surface area (Å²) >= 11 is 1.58. The van der Waals surface area contributed by atoms with E-state index in [1.807, 2.05) is 0 Å². The quantitative estimate of drug-likeness (QED) is 0.239. The van der Waals surface area contributed by atoms with Crippen LogP contribution in [0.5, 0.6) is 0 Å². The van der Waals surface area contributed by atoms with Crippen LogP contribution in [0.15, 0.2) is 29.6 Å². The molecule has 0 spiro atoms. The third kappa shape index (κ3) is 7.48. The molecule has 1 saturated heterocycles. The maximum atomic E-state index is 10.7. The highest BCUT2D eigenvalue weighted by Gasteiger charge is 2.38. The molecule has 3 heterocycles. The summed E-state index contributed by atoms with van der Waals surface area (Å²) in [6.45, 7) is 5.61. The summed E-state index contributed by atoms with van der Waals surface area (Å²) in [5, 5.41) is 17.1. The zero-order valence-electron chi connectivity index (χ0n) is 21.7. The number of primary amides is 1. The molecule has 5 rings (SSSR count). The molecule has 3 aromatic rings. The van der Waals surface area contributed by atoms with E-state index in [2.05, 4.69) is 68.5 Å². The predicted molar refractivity (Wildman–Crippen MR) is 143 cm³/mol. The molecule has 0 bridgehead atoms. The number of carboxylic acid groups (broad SMARTS) is 1. The van der Waals surface area contributed by atoms with E-state index in [1.54, 1.807) is 11.3 Å². The zero-order chi connectivity index (χ0) is 28.9. The van der Waals surface area contributed by atoms with Gasteiger partial charge >= 0.3 is 12.1 Å². The van der Waals surface area contributed by atoms with Crippen LogP contribution in [-0.4, -0.2) is 89.6 Å². The van der Waals surface area contributed by atoms with E-state index in [0.717, 1.165) is 61.0 Å². The van der Waals surface area contributed by atoms with Gasteiger partial charge in [-0.2, -0.15) is 18.3 Å². The van der Waals surface area contributed by atoms with Crippen molar-refractivity contribution in [2.75, 3.05) is 46.4 Å². The summed E-state index contributed by atoms with van der Waals surface area (Å²) in [5.41, 5.74) is 13.5. The average Bonchev–Trinajstić information content (AvgIpc) is 3.60. The first-order valence-electron chi connectivity index (χ1n) is 12.4. The summed E-state index contributed by atoms with van der Waals surface area (Å²) in [5.74, 6) is 2.75. The molecular formula is C27H28F3N5O4S. The number of hydrogen-bond donors (Lipinski definition) is 3. The van der Waals surface area contributed by atoms with Gasteiger partial charge in [-0.1, -0.05) is 30.0 Å². The zero-order valence-corrected chi connectivity index (χ0v) is 22.5. The van der Waals surface area contributed by atoms with Gasteiger partial charge in [0.05, 0.1) is 16.3 Å². The topological polar surface area (TPSA) is 125 Å². The number of hydrogen-bond acceptors (Lipinski definition) is 7. The number of carboxylic acids is 1. The Balaban J connectivity index is 0.000000470. The second-order valence-corrected chi connectivity index (χ2v) is 10.3. The number of H-pyrrole nitrogens is 1. The summed E-state index contributed by atoms with van der Waals surface area (Å²) in [4.78, 5) is 25.5. The molecule has 212 valence electrons. The summed E-state index contributed by atoms with van der Waals surface area (Å²) < 4.78 is 36.8. The molecule has 40 heavy (non-hydrogen) atoms. The Morgan fingerprint density at radius 3 is 2.62 bits per heavy atom. The van der Waals surface area contributed by atoms with Gasteiger partial charge in [0.2, 0.25) is 5.91 Å². The van der Waals surface area contributed by atoms with E-state index in [-0.39, 0.29) is 13.2 Å². The molecule has 1 amide bonds. The molecule has 0 radical (unpaired) electrons. The third-order valence-electron chi connectivity index (χ3n) is 6.42. The molecule has 2 aromatic heterocycles. The molecule has 13 heteroatoms. The summed E-state index contributed by atoms with van der Waals surface area (Å²) in [6, 6.07) is 8.92. The number of aromatic nitrogens is 2. The molecule has 1 aliphatic heterocycles. The number of rotatable bonds is 6. The standard InChI is InChI=1S/C25H27N5O2S.C2HF3O2/c1-29-6-8-30(9-7-29)14-17-4-5-21-18(11-17)13-22-24(27-28-25(21)22)19-12-20(33-16-19)3-2-10-32-15-23(26)31;3-2(4,5)1(6)7/h4-5,11-12,16H,6-10,13-15H2,1H3,(H2,26,31)(H,27,28);(H,6,7). The van der Waals surface area contributed by atoms with Gasteiger partial charge in [-0.05, 0) is 24.2 Å². The molecule has 9 nitrogen and oxygen atoms in total. The molecule has 4 N–H and O–H groups in total. The van der Waals surface area contributed by atoms with E-state index >= 15 is 0 Å². The molecule has 2 aliphatic rings. The molecule has 1 aromatic carbocycles. The molecular weight excluding hydrogens is 547 g/mol. The van der Waals surface area contributed by atoms with Crippen LogP contribution in [0.1, 0.15) is 21.6 Å². The maximum absolute atomic E-state index is 10.7. The van der Waals surface area contributed by atoms with Crippen molar-refractivity contribution >= 4 is 23.2 Å². The Bertz CT molecular complexity index is 1430. The van der Waals surface area contributed by atoms with Gasteiger partial charge in [0, 0.05) is 61.2 Å². The predicted octanol–water partition coefficient (Wildman–Crippen LogP) is 2.94. The highest BCUT2D eigenvalue weighted by Crippen LogP contribution is 2.41. The number of carbonyl (C=O) groups excluding carboxylic acids is 1. The fourth-order valence-corrected chi connectivity index (χ4v) is 5.20. The van der Waals surface area contributed by atoms with Crippen molar-refractivity contribution in [1.82, 2.24) is 20.0 Å². The van der Waals surface area contributed by atoms with E-state index in [0.29, 0.717) is 0 Å². The number of nitrogens with zero attached hydrogens (tertiary/aromatic N) is 3. The van der Waals surface area contributed by atoms with Crippen LogP contribution in [0.3, 0.4) is 0 Å². The van der Waals surface area contributed by atoms with Crippen LogP contribution in [0.2, 0.25) is 0 Å². The molecule has 0 saturated carbocycles. The van der Waals surface area contributed by atoms with Gasteiger partial charge in [0.15, 0.2) is 0 Å². The average molecular weight is 576 g/mol. The second-order valence-electron chi connectivity index (χ2n) is 9.44. The fraction of sp³-hybridized carbons (Fsp3) is 0.370. The molecule has 1 aliphatic carbocycles. The largest absolute Gasteiger partial charge is 0.490 e. The van der Waals surface area contributed by atoms with Gasteiger partial charge in [-0.15, -0.1) is 11.3 Å². The van der Waals surface area contributed by atoms with Crippen LogP contribution >= 0.6 is 11.3 Å². The van der Waals surface area contributed by atoms with Crippen LogP contribution in [0.25, 0.3) is 22.5 Å². The number of amides is 1. The van der Waals surface area contributed by atoms with Crippen LogP contribution in [-0.2, 0) is 27.3 Å². The van der Waals surface area contributed by atoms with Crippen LogP contribution in [0.4, 0.5) is 13.2 Å². The Morgan fingerprint density at radius 1 is 1.23 bits per heavy atom. The lowest BCUT2D eigenvalue weighted by molar-refractivity contribution is -0.192. The first kappa shape index (κ1) is 29.3. The number of alkyl halides is 3. The van der Waals surface area contributed by atoms with Gasteiger partial charge in [-0.25, -0.2) is 4.79 Å². The Morgan fingerprint density at radius 2 is 1.95 bits per heavy atom. The van der Waals surface area contributed by atoms with E-state index in [1.165, 1.54) is 22.3 Å². The van der Waals surface area contributed by atoms with Crippen molar-refractivity contribution in [1.29, 1.82) is 0 Å². The van der Waals surface area contributed by atoms with Crippen LogP contribution in [0, 0.1) is 11.8 Å². The number of carbonyl (C=O) groups is 2. The van der Waals surface area contributed by atoms with Crippen molar-refractivity contribution in [3.63, 3.8) is 0 Å². The smallest absolute Gasteiger partial charge is 0.475 e. The van der Waals surface area contributed by atoms with Crippen molar-refractivity contribution in [2.24, 2.45) is 5.73 Å². The molecule has 0 unspecified atom stereocenters. The van der Waals surface area contributed by atoms with Crippen molar-refractivity contribution in [3.8, 4) is 34.4 Å². The maximum Gasteiger partial charge on any atom is 0.490 e. The number of aromatic amines is 1. The minimum absolute atomic E-state index is 0.110. The number of nitrogens with one attached hydrogen (secondary N) is 1. The number of thiophene rings is 1. The Hall–Kier alpha value is -3.70. The van der Waals surface area contributed by atoms with Gasteiger partial charge in [0.1, 0.15) is 13.2 Å². The number of nitrogens with two attached hydrogens (primary N) is 1. The number of piperazine rings is 1. The highest BCUT2D eigenvalue weighted by atomic mass is 32.1. The number of likely N-dealkylation sites (N-methyl/N-ethyl adjacent to an activating group) is 1.